The van der Waals surface area contributed by atoms with Gasteiger partial charge in [-0.05, 0) is 32.4 Å². The molecule has 1 aromatic rings. The molecule has 5 heteroatoms. The fourth-order valence-electron chi connectivity index (χ4n) is 1.66. The van der Waals surface area contributed by atoms with Gasteiger partial charge in [-0.2, -0.15) is 0 Å². The summed E-state index contributed by atoms with van der Waals surface area (Å²) >= 11 is 0. The molecule has 0 heterocycles. The number of aliphatic imine (C=N–C) groups is 1. The SMILES string of the molecule is CN=C(NCCCNC(=O)c1ccccc1)NC(C)C. The van der Waals surface area contributed by atoms with Gasteiger partial charge in [-0.1, -0.05) is 18.2 Å². The molecule has 5 nitrogen and oxygen atoms in total. The average Bonchev–Trinajstić information content (AvgIpc) is 2.46. The Morgan fingerprint density at radius 3 is 2.40 bits per heavy atom. The van der Waals surface area contributed by atoms with Crippen LogP contribution in [-0.2, 0) is 0 Å². The maximum absolute atomic E-state index is 11.8. The number of guanidine groups is 1. The van der Waals surface area contributed by atoms with E-state index in [-0.39, 0.29) is 5.91 Å². The van der Waals surface area contributed by atoms with Gasteiger partial charge < -0.3 is 16.0 Å². The Balaban J connectivity index is 2.18. The van der Waals surface area contributed by atoms with E-state index < -0.39 is 0 Å². The van der Waals surface area contributed by atoms with E-state index in [1.807, 2.05) is 30.3 Å². The second-order valence-electron chi connectivity index (χ2n) is 4.77. The standard InChI is InChI=1S/C15H24N4O/c1-12(2)19-15(16-3)18-11-7-10-17-14(20)13-8-5-4-6-9-13/h4-6,8-9,12H,7,10-11H2,1-3H3,(H,17,20)(H2,16,18,19). The van der Waals surface area contributed by atoms with Gasteiger partial charge in [0.1, 0.15) is 0 Å². The molecular formula is C15H24N4O. The Kier molecular flexibility index (Phi) is 7.17. The van der Waals surface area contributed by atoms with Crippen LogP contribution in [0, 0.1) is 0 Å². The number of carbonyl (C=O) groups excluding carboxylic acids is 1. The lowest BCUT2D eigenvalue weighted by Gasteiger charge is -2.14. The molecule has 0 aliphatic rings. The minimum atomic E-state index is -0.0321. The molecule has 0 bridgehead atoms. The second kappa shape index (κ2) is 8.96. The van der Waals surface area contributed by atoms with Crippen molar-refractivity contribution in [1.29, 1.82) is 0 Å². The molecule has 110 valence electrons. The summed E-state index contributed by atoms with van der Waals surface area (Å²) < 4.78 is 0. The highest BCUT2D eigenvalue weighted by molar-refractivity contribution is 5.94. The van der Waals surface area contributed by atoms with Gasteiger partial charge in [0.25, 0.3) is 5.91 Å². The Morgan fingerprint density at radius 2 is 1.80 bits per heavy atom. The van der Waals surface area contributed by atoms with Gasteiger partial charge in [0.15, 0.2) is 5.96 Å². The van der Waals surface area contributed by atoms with E-state index in [4.69, 9.17) is 0 Å². The molecule has 0 aliphatic carbocycles. The number of hydrogen-bond acceptors (Lipinski definition) is 2. The van der Waals surface area contributed by atoms with Gasteiger partial charge in [-0.15, -0.1) is 0 Å². The lowest BCUT2D eigenvalue weighted by atomic mass is 10.2. The summed E-state index contributed by atoms with van der Waals surface area (Å²) in [6.45, 7) is 5.53. The Morgan fingerprint density at radius 1 is 1.15 bits per heavy atom. The van der Waals surface area contributed by atoms with E-state index in [1.165, 1.54) is 0 Å². The first-order valence-corrected chi connectivity index (χ1v) is 6.94. The molecular weight excluding hydrogens is 252 g/mol. The molecule has 0 unspecified atom stereocenters. The molecule has 0 aliphatic heterocycles. The van der Waals surface area contributed by atoms with Gasteiger partial charge in [0.2, 0.25) is 0 Å². The number of amides is 1. The fraction of sp³-hybridized carbons (Fsp3) is 0.467. The Bertz CT molecular complexity index is 429. The highest BCUT2D eigenvalue weighted by atomic mass is 16.1. The normalized spacial score (nSPS) is 11.3. The monoisotopic (exact) mass is 276 g/mol. The summed E-state index contributed by atoms with van der Waals surface area (Å²) in [5.74, 6) is 0.754. The maximum Gasteiger partial charge on any atom is 0.251 e. The second-order valence-corrected chi connectivity index (χ2v) is 4.77. The summed E-state index contributed by atoms with van der Waals surface area (Å²) in [4.78, 5) is 15.9. The number of rotatable bonds is 6. The van der Waals surface area contributed by atoms with E-state index >= 15 is 0 Å². The van der Waals surface area contributed by atoms with Crippen LogP contribution in [0.3, 0.4) is 0 Å². The number of benzene rings is 1. The highest BCUT2D eigenvalue weighted by Gasteiger charge is 2.03. The van der Waals surface area contributed by atoms with Gasteiger partial charge in [0, 0.05) is 31.7 Å². The molecule has 1 rings (SSSR count). The van der Waals surface area contributed by atoms with Crippen molar-refractivity contribution >= 4 is 11.9 Å². The van der Waals surface area contributed by atoms with Gasteiger partial charge in [-0.3, -0.25) is 9.79 Å². The van der Waals surface area contributed by atoms with Crippen LogP contribution in [0.4, 0.5) is 0 Å². The minimum absolute atomic E-state index is 0.0321. The van der Waals surface area contributed by atoms with Crippen molar-refractivity contribution in [2.75, 3.05) is 20.1 Å². The van der Waals surface area contributed by atoms with Crippen molar-refractivity contribution < 1.29 is 4.79 Å². The van der Waals surface area contributed by atoms with Gasteiger partial charge in [0.05, 0.1) is 0 Å². The lowest BCUT2D eigenvalue weighted by molar-refractivity contribution is 0.0953. The van der Waals surface area contributed by atoms with Crippen molar-refractivity contribution in [3.63, 3.8) is 0 Å². The summed E-state index contributed by atoms with van der Waals surface area (Å²) in [7, 11) is 1.74. The average molecular weight is 276 g/mol. The number of nitrogens with zero attached hydrogens (tertiary/aromatic N) is 1. The van der Waals surface area contributed by atoms with E-state index in [9.17, 15) is 4.79 Å². The van der Waals surface area contributed by atoms with E-state index in [0.29, 0.717) is 18.2 Å². The summed E-state index contributed by atoms with van der Waals surface area (Å²) in [6, 6.07) is 9.58. The third kappa shape index (κ3) is 6.22. The molecule has 1 aromatic carbocycles. The third-order valence-corrected chi connectivity index (χ3v) is 2.62. The number of carbonyl (C=O) groups is 1. The van der Waals surface area contributed by atoms with Crippen molar-refractivity contribution in [1.82, 2.24) is 16.0 Å². The molecule has 0 saturated carbocycles. The highest BCUT2D eigenvalue weighted by Crippen LogP contribution is 1.97. The molecule has 0 spiro atoms. The first-order valence-electron chi connectivity index (χ1n) is 6.94. The van der Waals surface area contributed by atoms with Crippen molar-refractivity contribution in [3.8, 4) is 0 Å². The van der Waals surface area contributed by atoms with Crippen LogP contribution in [0.5, 0.6) is 0 Å². The summed E-state index contributed by atoms with van der Waals surface area (Å²) in [5, 5.41) is 9.30. The number of hydrogen-bond donors (Lipinski definition) is 3. The zero-order chi connectivity index (χ0) is 14.8. The quantitative estimate of drug-likeness (QED) is 0.418. The smallest absolute Gasteiger partial charge is 0.251 e. The summed E-state index contributed by atoms with van der Waals surface area (Å²) in [5.41, 5.74) is 0.692. The van der Waals surface area contributed by atoms with Gasteiger partial charge in [-0.25, -0.2) is 0 Å². The first kappa shape index (κ1) is 16.0. The fourth-order valence-corrected chi connectivity index (χ4v) is 1.66. The predicted molar refractivity (Wildman–Crippen MR) is 83.0 cm³/mol. The molecule has 0 atom stereocenters. The minimum Gasteiger partial charge on any atom is -0.356 e. The molecule has 0 aromatic heterocycles. The molecule has 3 N–H and O–H groups in total. The maximum atomic E-state index is 11.8. The molecule has 0 radical (unpaired) electrons. The van der Waals surface area contributed by atoms with E-state index in [1.54, 1.807) is 7.05 Å². The molecule has 20 heavy (non-hydrogen) atoms. The Labute approximate surface area is 120 Å². The van der Waals surface area contributed by atoms with Crippen molar-refractivity contribution in [2.24, 2.45) is 4.99 Å². The van der Waals surface area contributed by atoms with Crippen LogP contribution in [0.15, 0.2) is 35.3 Å². The van der Waals surface area contributed by atoms with Crippen LogP contribution in [-0.4, -0.2) is 38.0 Å². The van der Waals surface area contributed by atoms with Crippen LogP contribution in [0.2, 0.25) is 0 Å². The largest absolute Gasteiger partial charge is 0.356 e. The van der Waals surface area contributed by atoms with E-state index in [0.717, 1.165) is 18.9 Å². The zero-order valence-corrected chi connectivity index (χ0v) is 12.4. The van der Waals surface area contributed by atoms with Crippen LogP contribution < -0.4 is 16.0 Å². The van der Waals surface area contributed by atoms with Gasteiger partial charge >= 0.3 is 0 Å². The van der Waals surface area contributed by atoms with Crippen molar-refractivity contribution in [3.05, 3.63) is 35.9 Å². The lowest BCUT2D eigenvalue weighted by Crippen LogP contribution is -2.42. The molecule has 1 amide bonds. The topological polar surface area (TPSA) is 65.5 Å². The molecule has 0 fully saturated rings. The molecule has 0 saturated heterocycles. The summed E-state index contributed by atoms with van der Waals surface area (Å²) in [6.07, 6.45) is 0.845. The van der Waals surface area contributed by atoms with Crippen LogP contribution in [0.1, 0.15) is 30.6 Å². The van der Waals surface area contributed by atoms with Crippen molar-refractivity contribution in [2.45, 2.75) is 26.3 Å². The number of nitrogens with one attached hydrogen (secondary N) is 3. The van der Waals surface area contributed by atoms with Crippen LogP contribution >= 0.6 is 0 Å². The zero-order valence-electron chi connectivity index (χ0n) is 12.4. The Hall–Kier alpha value is -2.04. The van der Waals surface area contributed by atoms with Crippen LogP contribution in [0.25, 0.3) is 0 Å². The van der Waals surface area contributed by atoms with E-state index in [2.05, 4.69) is 34.8 Å². The predicted octanol–water partition coefficient (Wildman–Crippen LogP) is 1.38. The third-order valence-electron chi connectivity index (χ3n) is 2.62. The first-order chi connectivity index (χ1) is 9.63.